The van der Waals surface area contributed by atoms with Gasteiger partial charge in [0.1, 0.15) is 11.5 Å². The molecule has 3 heteroatoms. The quantitative estimate of drug-likeness (QED) is 0.477. The monoisotopic (exact) mass is 341 g/mol. The van der Waals surface area contributed by atoms with Gasteiger partial charge in [0.25, 0.3) is 0 Å². The van der Waals surface area contributed by atoms with Crippen LogP contribution in [-0.4, -0.2) is 13.2 Å². The van der Waals surface area contributed by atoms with Crippen molar-refractivity contribution >= 4 is 5.69 Å². The molecular weight excluding hydrogens is 310 g/mol. The fourth-order valence-electron chi connectivity index (χ4n) is 2.73. The maximum Gasteiger partial charge on any atom is 0.124 e. The molecule has 0 radical (unpaired) electrons. The van der Waals surface area contributed by atoms with Crippen LogP contribution in [0, 0.1) is 0 Å². The molecule has 0 bridgehead atoms. The molecule has 2 aromatic rings. The summed E-state index contributed by atoms with van der Waals surface area (Å²) in [6.07, 6.45) is 6.28. The molecule has 0 saturated heterocycles. The number of benzene rings is 2. The minimum Gasteiger partial charge on any atom is -0.494 e. The van der Waals surface area contributed by atoms with Gasteiger partial charge in [0, 0.05) is 23.9 Å². The van der Waals surface area contributed by atoms with Gasteiger partial charge in [-0.2, -0.15) is 0 Å². The van der Waals surface area contributed by atoms with Crippen molar-refractivity contribution in [2.45, 2.75) is 52.5 Å². The van der Waals surface area contributed by atoms with Gasteiger partial charge in [0.05, 0.1) is 13.2 Å². The fourth-order valence-corrected chi connectivity index (χ4v) is 2.73. The van der Waals surface area contributed by atoms with Crippen LogP contribution in [0.1, 0.15) is 51.5 Å². The molecule has 0 aromatic heterocycles. The summed E-state index contributed by atoms with van der Waals surface area (Å²) in [7, 11) is 0. The van der Waals surface area contributed by atoms with E-state index in [1.807, 2.05) is 37.3 Å². The van der Waals surface area contributed by atoms with Crippen molar-refractivity contribution in [2.24, 2.45) is 0 Å². The minimum absolute atomic E-state index is 0.679. The van der Waals surface area contributed by atoms with E-state index in [1.54, 1.807) is 0 Å². The molecular formula is C22H31NO2. The lowest BCUT2D eigenvalue weighted by Gasteiger charge is -2.13. The average molecular weight is 341 g/mol. The molecule has 25 heavy (non-hydrogen) atoms. The van der Waals surface area contributed by atoms with Crippen molar-refractivity contribution in [2.75, 3.05) is 18.5 Å². The highest BCUT2D eigenvalue weighted by molar-refractivity contribution is 5.49. The van der Waals surface area contributed by atoms with Crippen LogP contribution in [0.3, 0.4) is 0 Å². The molecule has 0 aliphatic carbocycles. The summed E-state index contributed by atoms with van der Waals surface area (Å²) in [5, 5.41) is 3.46. The van der Waals surface area contributed by atoms with Crippen molar-refractivity contribution < 1.29 is 9.47 Å². The summed E-state index contributed by atoms with van der Waals surface area (Å²) < 4.78 is 11.6. The molecule has 0 spiro atoms. The Morgan fingerprint density at radius 3 is 2.52 bits per heavy atom. The van der Waals surface area contributed by atoms with E-state index in [9.17, 15) is 0 Å². The van der Waals surface area contributed by atoms with E-state index in [0.29, 0.717) is 6.61 Å². The largest absolute Gasteiger partial charge is 0.494 e. The Kier molecular flexibility index (Phi) is 8.74. The minimum atomic E-state index is 0.679. The molecule has 0 heterocycles. The van der Waals surface area contributed by atoms with Gasteiger partial charge in [-0.05, 0) is 31.5 Å². The van der Waals surface area contributed by atoms with Gasteiger partial charge >= 0.3 is 0 Å². The Labute approximate surface area is 152 Å². The number of unbranched alkanes of at least 4 members (excludes halogenated alkanes) is 4. The second kappa shape index (κ2) is 11.4. The topological polar surface area (TPSA) is 30.5 Å². The van der Waals surface area contributed by atoms with E-state index in [0.717, 1.165) is 42.3 Å². The molecule has 136 valence electrons. The summed E-state index contributed by atoms with van der Waals surface area (Å²) in [5.74, 6) is 1.87. The van der Waals surface area contributed by atoms with Crippen LogP contribution in [0.4, 0.5) is 5.69 Å². The fraction of sp³-hybridized carbons (Fsp3) is 0.455. The van der Waals surface area contributed by atoms with Crippen LogP contribution in [0.25, 0.3) is 0 Å². The molecule has 2 rings (SSSR count). The van der Waals surface area contributed by atoms with Crippen LogP contribution < -0.4 is 14.8 Å². The summed E-state index contributed by atoms with van der Waals surface area (Å²) in [6, 6.07) is 16.3. The molecule has 2 aromatic carbocycles. The first-order valence-corrected chi connectivity index (χ1v) is 9.51. The number of para-hydroxylation sites is 1. The van der Waals surface area contributed by atoms with Gasteiger partial charge in [-0.1, -0.05) is 56.9 Å². The van der Waals surface area contributed by atoms with Crippen LogP contribution in [0.5, 0.6) is 11.5 Å². The third-order valence-electron chi connectivity index (χ3n) is 4.11. The van der Waals surface area contributed by atoms with Crippen LogP contribution >= 0.6 is 0 Å². The molecule has 0 unspecified atom stereocenters. The van der Waals surface area contributed by atoms with Crippen LogP contribution in [0.15, 0.2) is 48.5 Å². The number of rotatable bonds is 12. The van der Waals surface area contributed by atoms with E-state index >= 15 is 0 Å². The Bertz CT molecular complexity index is 612. The third-order valence-corrected chi connectivity index (χ3v) is 4.11. The lowest BCUT2D eigenvalue weighted by molar-refractivity contribution is 0.304. The van der Waals surface area contributed by atoms with Gasteiger partial charge in [-0.3, -0.25) is 0 Å². The zero-order valence-corrected chi connectivity index (χ0v) is 15.6. The van der Waals surface area contributed by atoms with E-state index < -0.39 is 0 Å². The van der Waals surface area contributed by atoms with Gasteiger partial charge in [-0.25, -0.2) is 0 Å². The molecule has 0 aliphatic heterocycles. The summed E-state index contributed by atoms with van der Waals surface area (Å²) >= 11 is 0. The van der Waals surface area contributed by atoms with E-state index in [4.69, 9.17) is 9.47 Å². The lowest BCUT2D eigenvalue weighted by atomic mass is 10.2. The molecule has 0 fully saturated rings. The Morgan fingerprint density at radius 2 is 1.68 bits per heavy atom. The second-order valence-electron chi connectivity index (χ2n) is 6.18. The summed E-state index contributed by atoms with van der Waals surface area (Å²) in [6.45, 7) is 6.45. The average Bonchev–Trinajstić information content (AvgIpc) is 2.64. The molecule has 3 nitrogen and oxygen atoms in total. The van der Waals surface area contributed by atoms with Crippen molar-refractivity contribution in [3.8, 4) is 11.5 Å². The first-order valence-electron chi connectivity index (χ1n) is 9.51. The molecule has 1 N–H and O–H groups in total. The Balaban J connectivity index is 1.81. The zero-order valence-electron chi connectivity index (χ0n) is 15.6. The molecule has 0 saturated carbocycles. The smallest absolute Gasteiger partial charge is 0.124 e. The Morgan fingerprint density at radius 1 is 0.840 bits per heavy atom. The van der Waals surface area contributed by atoms with Gasteiger partial charge in [-0.15, -0.1) is 0 Å². The van der Waals surface area contributed by atoms with Gasteiger partial charge in [0.2, 0.25) is 0 Å². The first kappa shape index (κ1) is 19.2. The van der Waals surface area contributed by atoms with Gasteiger partial charge < -0.3 is 14.8 Å². The highest BCUT2D eigenvalue weighted by Crippen LogP contribution is 2.22. The normalized spacial score (nSPS) is 10.5. The van der Waals surface area contributed by atoms with Crippen LogP contribution in [0.2, 0.25) is 0 Å². The standard InChI is InChI=1S/C22H31NO2/c1-3-5-6-7-10-16-25-21-14-11-13-20(17-21)23-18-19-12-8-9-15-22(19)24-4-2/h8-9,11-15,17,23H,3-7,10,16,18H2,1-2H3. The number of hydrogen-bond acceptors (Lipinski definition) is 3. The van der Waals surface area contributed by atoms with Gasteiger partial charge in [0.15, 0.2) is 0 Å². The molecule has 0 atom stereocenters. The maximum absolute atomic E-state index is 5.88. The van der Waals surface area contributed by atoms with E-state index in [2.05, 4.69) is 30.4 Å². The maximum atomic E-state index is 5.88. The van der Waals surface area contributed by atoms with Crippen LogP contribution in [-0.2, 0) is 6.54 Å². The molecule has 0 amide bonds. The number of anilines is 1. The summed E-state index contributed by atoms with van der Waals surface area (Å²) in [5.41, 5.74) is 2.22. The first-order chi connectivity index (χ1) is 12.3. The van der Waals surface area contributed by atoms with Crippen molar-refractivity contribution in [3.63, 3.8) is 0 Å². The number of hydrogen-bond donors (Lipinski definition) is 1. The van der Waals surface area contributed by atoms with E-state index in [-0.39, 0.29) is 0 Å². The lowest BCUT2D eigenvalue weighted by Crippen LogP contribution is -2.03. The summed E-state index contributed by atoms with van der Waals surface area (Å²) in [4.78, 5) is 0. The van der Waals surface area contributed by atoms with Crippen molar-refractivity contribution in [1.82, 2.24) is 0 Å². The third kappa shape index (κ3) is 7.08. The number of ether oxygens (including phenoxy) is 2. The Hall–Kier alpha value is -2.16. The zero-order chi connectivity index (χ0) is 17.7. The highest BCUT2D eigenvalue weighted by atomic mass is 16.5. The predicted molar refractivity (Wildman–Crippen MR) is 106 cm³/mol. The molecule has 0 aliphatic rings. The SMILES string of the molecule is CCCCCCCOc1cccc(NCc2ccccc2OCC)c1. The number of nitrogens with one attached hydrogen (secondary N) is 1. The van der Waals surface area contributed by atoms with Crippen molar-refractivity contribution in [3.05, 3.63) is 54.1 Å². The predicted octanol–water partition coefficient (Wildman–Crippen LogP) is 6.05. The second-order valence-corrected chi connectivity index (χ2v) is 6.18. The van der Waals surface area contributed by atoms with E-state index in [1.165, 1.54) is 25.7 Å². The van der Waals surface area contributed by atoms with Crippen molar-refractivity contribution in [1.29, 1.82) is 0 Å². The highest BCUT2D eigenvalue weighted by Gasteiger charge is 2.03.